The quantitative estimate of drug-likeness (QED) is 0.0222. The second-order valence-corrected chi connectivity index (χ2v) is 32.3. The number of aliphatic hydroxyl groups is 1. The molecule has 0 aliphatic rings. The molecule has 0 saturated carbocycles. The van der Waals surface area contributed by atoms with Gasteiger partial charge < -0.3 is 33.8 Å². The van der Waals surface area contributed by atoms with Crippen molar-refractivity contribution in [3.8, 4) is 0 Å². The zero-order valence-corrected chi connectivity index (χ0v) is 66.0. The molecule has 98 heavy (non-hydrogen) atoms. The molecule has 4 unspecified atom stereocenters. The number of aliphatic hydroxyl groups excluding tert-OH is 1. The Bertz CT molecular complexity index is 1910. The van der Waals surface area contributed by atoms with Crippen LogP contribution in [0.5, 0.6) is 0 Å². The first-order chi connectivity index (χ1) is 47.3. The van der Waals surface area contributed by atoms with Crippen molar-refractivity contribution in [1.82, 2.24) is 0 Å². The van der Waals surface area contributed by atoms with Crippen LogP contribution in [0.2, 0.25) is 0 Å². The summed E-state index contributed by atoms with van der Waals surface area (Å²) in [5, 5.41) is 10.6. The highest BCUT2D eigenvalue weighted by atomic mass is 31.2. The van der Waals surface area contributed by atoms with Gasteiger partial charge in [0.15, 0.2) is 12.2 Å². The van der Waals surface area contributed by atoms with E-state index in [-0.39, 0.29) is 25.7 Å². The van der Waals surface area contributed by atoms with Crippen LogP contribution in [0, 0.1) is 17.8 Å². The zero-order chi connectivity index (χ0) is 72.3. The van der Waals surface area contributed by atoms with Gasteiger partial charge in [-0.25, -0.2) is 9.13 Å². The zero-order valence-electron chi connectivity index (χ0n) is 64.3. The molecule has 0 amide bonds. The number of phosphoric ester groups is 2. The van der Waals surface area contributed by atoms with E-state index in [0.717, 1.165) is 114 Å². The number of hydrogen-bond donors (Lipinski definition) is 3. The molecule has 0 saturated heterocycles. The third-order valence-corrected chi connectivity index (χ3v) is 21.0. The van der Waals surface area contributed by atoms with Gasteiger partial charge in [0.05, 0.1) is 26.4 Å². The highest BCUT2D eigenvalue weighted by molar-refractivity contribution is 7.47. The highest BCUT2D eigenvalue weighted by Crippen LogP contribution is 2.45. The molecule has 17 nitrogen and oxygen atoms in total. The van der Waals surface area contributed by atoms with Gasteiger partial charge in [-0.05, 0) is 43.4 Å². The van der Waals surface area contributed by atoms with E-state index in [9.17, 15) is 43.2 Å². The fourth-order valence-electron chi connectivity index (χ4n) is 12.1. The summed E-state index contributed by atoms with van der Waals surface area (Å²) in [6.07, 6.45) is 57.6. The van der Waals surface area contributed by atoms with Crippen molar-refractivity contribution < 1.29 is 80.2 Å². The Morgan fingerprint density at radius 3 is 0.776 bits per heavy atom. The Morgan fingerprint density at radius 1 is 0.296 bits per heavy atom. The van der Waals surface area contributed by atoms with Crippen LogP contribution in [0.1, 0.15) is 408 Å². The Hall–Kier alpha value is -1.94. The van der Waals surface area contributed by atoms with Crippen LogP contribution in [0.3, 0.4) is 0 Å². The first kappa shape index (κ1) is 96.1. The molecular formula is C79H154O17P2. The van der Waals surface area contributed by atoms with Gasteiger partial charge in [0.2, 0.25) is 0 Å². The SMILES string of the molecule is CCCCCCCC(=O)OC[C@H](COP(=O)(O)OC[C@H](O)COP(=O)(O)OC[C@@H](COC(=O)CCCCCCCCCCCCCCCCCCCCC(C)C)OC(=O)CCCCCCCCCCCCCCCCCCCCC(C)CC)OC(=O)CCCCCCCCC(C)CC. The second kappa shape index (κ2) is 69.4. The van der Waals surface area contributed by atoms with Crippen LogP contribution in [0.25, 0.3) is 0 Å². The standard InChI is InChI=1S/C79H154O17P2/c1-8-11-12-43-53-60-76(81)89-66-74(96-79(84)63-56-49-42-41-46-52-59-72(7)10-3)68-93-97(85,86)91-64-73(80)65-92-98(87,88)94-69-75(67-90-77(82)61-54-47-39-35-31-27-23-19-15-13-17-21-25-29-33-37-44-50-57-70(4)5)95-78(83)62-55-48-40-36-32-28-24-20-16-14-18-22-26-30-34-38-45-51-58-71(6)9-2/h70-75,80H,8-69H2,1-7H3,(H,85,86)(H,87,88)/t71?,72?,73-,74+,75+/m0/s1. The summed E-state index contributed by atoms with van der Waals surface area (Å²) in [6, 6.07) is 0. The molecule has 0 aromatic heterocycles. The lowest BCUT2D eigenvalue weighted by Crippen LogP contribution is -2.30. The van der Waals surface area contributed by atoms with Gasteiger partial charge >= 0.3 is 39.5 Å². The lowest BCUT2D eigenvalue weighted by Gasteiger charge is -2.21. The van der Waals surface area contributed by atoms with E-state index in [1.807, 2.05) is 0 Å². The van der Waals surface area contributed by atoms with Gasteiger partial charge in [-0.1, -0.05) is 357 Å². The summed E-state index contributed by atoms with van der Waals surface area (Å²) in [7, 11) is -9.90. The van der Waals surface area contributed by atoms with Crippen molar-refractivity contribution in [3.05, 3.63) is 0 Å². The average molecular weight is 1440 g/mol. The van der Waals surface area contributed by atoms with Crippen LogP contribution in [-0.4, -0.2) is 96.7 Å². The fraction of sp³-hybridized carbons (Fsp3) is 0.949. The van der Waals surface area contributed by atoms with Crippen molar-refractivity contribution in [2.75, 3.05) is 39.6 Å². The average Bonchev–Trinajstić information content (AvgIpc) is 0.934. The van der Waals surface area contributed by atoms with Crippen molar-refractivity contribution in [1.29, 1.82) is 0 Å². The summed E-state index contributed by atoms with van der Waals surface area (Å²) in [5.74, 6) is 0.285. The molecule has 19 heteroatoms. The van der Waals surface area contributed by atoms with E-state index in [2.05, 4.69) is 48.5 Å². The Morgan fingerprint density at radius 2 is 0.520 bits per heavy atom. The topological polar surface area (TPSA) is 237 Å². The molecule has 0 bridgehead atoms. The lowest BCUT2D eigenvalue weighted by molar-refractivity contribution is -0.161. The lowest BCUT2D eigenvalue weighted by atomic mass is 9.99. The largest absolute Gasteiger partial charge is 0.472 e. The van der Waals surface area contributed by atoms with Gasteiger partial charge in [-0.15, -0.1) is 0 Å². The number of unbranched alkanes of at least 4 members (excludes halogenated alkanes) is 43. The Labute approximate surface area is 600 Å². The van der Waals surface area contributed by atoms with Crippen LogP contribution in [0.4, 0.5) is 0 Å². The maximum Gasteiger partial charge on any atom is 0.472 e. The maximum atomic E-state index is 13.1. The molecule has 0 heterocycles. The van der Waals surface area contributed by atoms with Gasteiger partial charge in [0.1, 0.15) is 19.3 Å². The number of carbonyl (C=O) groups is 4. The van der Waals surface area contributed by atoms with Crippen molar-refractivity contribution in [2.24, 2.45) is 17.8 Å². The normalized spacial score (nSPS) is 14.6. The van der Waals surface area contributed by atoms with Crippen LogP contribution >= 0.6 is 15.6 Å². The molecule has 0 aliphatic carbocycles. The molecular weight excluding hydrogens is 1280 g/mol. The van der Waals surface area contributed by atoms with Crippen LogP contribution < -0.4 is 0 Å². The third kappa shape index (κ3) is 69.8. The van der Waals surface area contributed by atoms with E-state index in [1.54, 1.807) is 0 Å². The Kier molecular flexibility index (Phi) is 68.1. The predicted molar refractivity (Wildman–Crippen MR) is 400 cm³/mol. The second-order valence-electron chi connectivity index (χ2n) is 29.4. The first-order valence-corrected chi connectivity index (χ1v) is 43.9. The summed E-state index contributed by atoms with van der Waals surface area (Å²) >= 11 is 0. The number of carbonyl (C=O) groups excluding carboxylic acids is 4. The number of esters is 4. The summed E-state index contributed by atoms with van der Waals surface area (Å²) < 4.78 is 68.3. The molecule has 0 radical (unpaired) electrons. The molecule has 0 aromatic rings. The van der Waals surface area contributed by atoms with Crippen molar-refractivity contribution in [3.63, 3.8) is 0 Å². The van der Waals surface area contributed by atoms with Gasteiger partial charge in [-0.3, -0.25) is 37.3 Å². The molecule has 0 rings (SSSR count). The van der Waals surface area contributed by atoms with Gasteiger partial charge in [0.25, 0.3) is 0 Å². The molecule has 3 N–H and O–H groups in total. The fourth-order valence-corrected chi connectivity index (χ4v) is 13.6. The van der Waals surface area contributed by atoms with E-state index in [1.165, 1.54) is 212 Å². The predicted octanol–water partition coefficient (Wildman–Crippen LogP) is 23.4. The van der Waals surface area contributed by atoms with Gasteiger partial charge in [-0.2, -0.15) is 0 Å². The molecule has 0 spiro atoms. The third-order valence-electron chi connectivity index (χ3n) is 19.1. The molecule has 0 aliphatic heterocycles. The van der Waals surface area contributed by atoms with Crippen molar-refractivity contribution in [2.45, 2.75) is 426 Å². The maximum absolute atomic E-state index is 13.1. The highest BCUT2D eigenvalue weighted by Gasteiger charge is 2.30. The summed E-state index contributed by atoms with van der Waals surface area (Å²) in [4.78, 5) is 72.5. The van der Waals surface area contributed by atoms with Crippen LogP contribution in [-0.2, 0) is 65.4 Å². The van der Waals surface area contributed by atoms with E-state index in [4.69, 9.17) is 37.0 Å². The Balaban J connectivity index is 5.09. The summed E-state index contributed by atoms with van der Waals surface area (Å²) in [6.45, 7) is 11.9. The number of hydrogen-bond acceptors (Lipinski definition) is 15. The monoisotopic (exact) mass is 1440 g/mol. The van der Waals surface area contributed by atoms with Crippen LogP contribution in [0.15, 0.2) is 0 Å². The molecule has 582 valence electrons. The minimum atomic E-state index is -4.96. The molecule has 0 aromatic carbocycles. The van der Waals surface area contributed by atoms with E-state index >= 15 is 0 Å². The number of rotatable bonds is 77. The minimum absolute atomic E-state index is 0.102. The van der Waals surface area contributed by atoms with E-state index in [0.29, 0.717) is 25.7 Å². The molecule has 0 fully saturated rings. The van der Waals surface area contributed by atoms with Crippen molar-refractivity contribution >= 4 is 39.5 Å². The smallest absolute Gasteiger partial charge is 0.462 e. The number of phosphoric acid groups is 2. The first-order valence-electron chi connectivity index (χ1n) is 40.9. The summed E-state index contributed by atoms with van der Waals surface area (Å²) in [5.41, 5.74) is 0. The van der Waals surface area contributed by atoms with E-state index < -0.39 is 97.5 Å². The van der Waals surface area contributed by atoms with Gasteiger partial charge in [0, 0.05) is 25.7 Å². The minimum Gasteiger partial charge on any atom is -0.462 e. The molecule has 7 atom stereocenters. The number of ether oxygens (including phenoxy) is 4.